The topological polar surface area (TPSA) is 52.6 Å². The van der Waals surface area contributed by atoms with E-state index in [0.29, 0.717) is 6.42 Å². The summed E-state index contributed by atoms with van der Waals surface area (Å²) in [5.41, 5.74) is -1.24. The van der Waals surface area contributed by atoms with Crippen molar-refractivity contribution in [1.82, 2.24) is 0 Å². The fraction of sp³-hybridized carbons (Fsp3) is 0.733. The zero-order chi connectivity index (χ0) is 14.3. The summed E-state index contributed by atoms with van der Waals surface area (Å²) in [5, 5.41) is 0. The molecular weight excluding hydrogens is 244 g/mol. The van der Waals surface area contributed by atoms with E-state index in [1.54, 1.807) is 0 Å². The average Bonchev–Trinajstić information content (AvgIpc) is 2.67. The molecule has 1 fully saturated rings. The van der Waals surface area contributed by atoms with E-state index in [9.17, 15) is 9.59 Å². The van der Waals surface area contributed by atoms with Crippen LogP contribution in [0, 0.1) is 22.7 Å². The maximum absolute atomic E-state index is 12.3. The van der Waals surface area contributed by atoms with E-state index in [1.165, 1.54) is 14.2 Å². The highest BCUT2D eigenvalue weighted by atomic mass is 16.5. The van der Waals surface area contributed by atoms with Crippen LogP contribution in [-0.2, 0) is 19.1 Å². The molecule has 2 rings (SSSR count). The van der Waals surface area contributed by atoms with Crippen LogP contribution in [0.4, 0.5) is 0 Å². The van der Waals surface area contributed by atoms with Gasteiger partial charge in [-0.15, -0.1) is 0 Å². The highest BCUT2D eigenvalue weighted by molar-refractivity contribution is 6.01. The van der Waals surface area contributed by atoms with Crippen molar-refractivity contribution in [2.24, 2.45) is 22.7 Å². The van der Waals surface area contributed by atoms with Crippen molar-refractivity contribution in [3.63, 3.8) is 0 Å². The van der Waals surface area contributed by atoms with Crippen molar-refractivity contribution in [1.29, 1.82) is 0 Å². The number of carbonyl (C=O) groups is 2. The number of methoxy groups -OCH3 is 2. The number of esters is 2. The van der Waals surface area contributed by atoms with Crippen molar-refractivity contribution >= 4 is 11.9 Å². The van der Waals surface area contributed by atoms with E-state index >= 15 is 0 Å². The van der Waals surface area contributed by atoms with Crippen LogP contribution in [0.1, 0.15) is 33.1 Å². The maximum atomic E-state index is 12.3. The Hall–Kier alpha value is -1.32. The highest BCUT2D eigenvalue weighted by Gasteiger charge is 2.65. The Kier molecular flexibility index (Phi) is 3.45. The summed E-state index contributed by atoms with van der Waals surface area (Å²) in [7, 11) is 2.68. The lowest BCUT2D eigenvalue weighted by Crippen LogP contribution is -2.45. The van der Waals surface area contributed by atoms with Gasteiger partial charge in [-0.05, 0) is 36.5 Å². The molecule has 1 saturated carbocycles. The summed E-state index contributed by atoms with van der Waals surface area (Å²) < 4.78 is 9.88. The van der Waals surface area contributed by atoms with Gasteiger partial charge in [-0.3, -0.25) is 9.59 Å². The molecule has 0 aromatic rings. The van der Waals surface area contributed by atoms with Gasteiger partial charge in [0, 0.05) is 0 Å². The summed E-state index contributed by atoms with van der Waals surface area (Å²) >= 11 is 0. The Morgan fingerprint density at radius 2 is 1.74 bits per heavy atom. The predicted octanol–water partition coefficient (Wildman–Crippen LogP) is 2.33. The fourth-order valence-electron chi connectivity index (χ4n) is 4.05. The molecule has 0 aliphatic heterocycles. The molecule has 2 aliphatic rings. The van der Waals surface area contributed by atoms with Gasteiger partial charge in [0.1, 0.15) is 0 Å². The van der Waals surface area contributed by atoms with E-state index in [-0.39, 0.29) is 17.3 Å². The number of allylic oxidation sites excluding steroid dienone is 2. The Balaban J connectivity index is 2.52. The number of fused-ring (bicyclic) bond motifs is 1. The molecule has 0 N–H and O–H groups in total. The third-order valence-corrected chi connectivity index (χ3v) is 4.79. The van der Waals surface area contributed by atoms with Gasteiger partial charge in [-0.25, -0.2) is 0 Å². The number of rotatable bonds is 2. The van der Waals surface area contributed by atoms with Gasteiger partial charge < -0.3 is 9.47 Å². The normalized spacial score (nSPS) is 30.5. The smallest absolute Gasteiger partial charge is 0.323 e. The van der Waals surface area contributed by atoms with Crippen LogP contribution in [0.3, 0.4) is 0 Å². The molecule has 0 heterocycles. The Morgan fingerprint density at radius 3 is 2.26 bits per heavy atom. The lowest BCUT2D eigenvalue weighted by Gasteiger charge is -2.33. The van der Waals surface area contributed by atoms with Gasteiger partial charge in [0.05, 0.1) is 14.2 Å². The van der Waals surface area contributed by atoms with Crippen LogP contribution < -0.4 is 0 Å². The monoisotopic (exact) mass is 266 g/mol. The van der Waals surface area contributed by atoms with Crippen LogP contribution >= 0.6 is 0 Å². The van der Waals surface area contributed by atoms with Crippen molar-refractivity contribution in [3.05, 3.63) is 12.2 Å². The summed E-state index contributed by atoms with van der Waals surface area (Å²) in [5.74, 6) is -0.697. The van der Waals surface area contributed by atoms with Crippen LogP contribution in [0.5, 0.6) is 0 Å². The molecule has 4 heteroatoms. The molecule has 2 atom stereocenters. The zero-order valence-electron chi connectivity index (χ0n) is 12.1. The number of ether oxygens (including phenoxy) is 2. The van der Waals surface area contributed by atoms with E-state index < -0.39 is 17.4 Å². The van der Waals surface area contributed by atoms with Crippen LogP contribution in [-0.4, -0.2) is 26.2 Å². The van der Waals surface area contributed by atoms with Gasteiger partial charge >= 0.3 is 11.9 Å². The molecule has 0 aromatic carbocycles. The first kappa shape index (κ1) is 14.1. The molecule has 0 amide bonds. The van der Waals surface area contributed by atoms with E-state index in [0.717, 1.165) is 12.8 Å². The van der Waals surface area contributed by atoms with E-state index in [1.807, 2.05) is 0 Å². The molecule has 0 bridgehead atoms. The Morgan fingerprint density at radius 1 is 1.16 bits per heavy atom. The fourth-order valence-corrected chi connectivity index (χ4v) is 4.05. The molecule has 19 heavy (non-hydrogen) atoms. The van der Waals surface area contributed by atoms with Crippen molar-refractivity contribution in [2.45, 2.75) is 33.1 Å². The Labute approximate surface area is 114 Å². The first-order valence-electron chi connectivity index (χ1n) is 6.73. The minimum atomic E-state index is -1.14. The first-order valence-corrected chi connectivity index (χ1v) is 6.73. The molecule has 0 unspecified atom stereocenters. The largest absolute Gasteiger partial charge is 0.468 e. The van der Waals surface area contributed by atoms with Gasteiger partial charge in [0.15, 0.2) is 5.41 Å². The van der Waals surface area contributed by atoms with Gasteiger partial charge in [0.2, 0.25) is 0 Å². The minimum absolute atomic E-state index is 0.0209. The first-order chi connectivity index (χ1) is 8.90. The quantitative estimate of drug-likeness (QED) is 0.437. The molecule has 106 valence electrons. The second-order valence-electron chi connectivity index (χ2n) is 6.26. The molecule has 4 nitrogen and oxygen atoms in total. The van der Waals surface area contributed by atoms with Gasteiger partial charge in [0.25, 0.3) is 0 Å². The Bertz CT molecular complexity index is 406. The van der Waals surface area contributed by atoms with Crippen molar-refractivity contribution in [2.75, 3.05) is 14.2 Å². The molecule has 2 aliphatic carbocycles. The predicted molar refractivity (Wildman–Crippen MR) is 70.2 cm³/mol. The van der Waals surface area contributed by atoms with Crippen LogP contribution in [0.25, 0.3) is 0 Å². The third kappa shape index (κ3) is 1.88. The minimum Gasteiger partial charge on any atom is -0.468 e. The summed E-state index contributed by atoms with van der Waals surface area (Å²) in [6.45, 7) is 4.21. The number of hydrogen-bond donors (Lipinski definition) is 0. The van der Waals surface area contributed by atoms with Crippen molar-refractivity contribution in [3.8, 4) is 0 Å². The second-order valence-corrected chi connectivity index (χ2v) is 6.26. The van der Waals surface area contributed by atoms with Crippen LogP contribution in [0.15, 0.2) is 12.2 Å². The van der Waals surface area contributed by atoms with Gasteiger partial charge in [-0.2, -0.15) is 0 Å². The molecule has 0 aromatic heterocycles. The summed E-state index contributed by atoms with van der Waals surface area (Å²) in [6, 6.07) is 0. The lowest BCUT2D eigenvalue weighted by atomic mass is 9.70. The molecule has 0 spiro atoms. The third-order valence-electron chi connectivity index (χ3n) is 4.79. The number of hydrogen-bond acceptors (Lipinski definition) is 4. The molecule has 0 saturated heterocycles. The summed E-state index contributed by atoms with van der Waals surface area (Å²) in [6.07, 6.45) is 6.51. The molecule has 0 radical (unpaired) electrons. The maximum Gasteiger partial charge on any atom is 0.323 e. The van der Waals surface area contributed by atoms with Crippen LogP contribution in [0.2, 0.25) is 0 Å². The van der Waals surface area contributed by atoms with E-state index in [4.69, 9.17) is 9.47 Å². The average molecular weight is 266 g/mol. The number of carbonyl (C=O) groups excluding carboxylic acids is 2. The molecular formula is C15H22O4. The summed E-state index contributed by atoms with van der Waals surface area (Å²) in [4.78, 5) is 24.7. The van der Waals surface area contributed by atoms with Crippen molar-refractivity contribution < 1.29 is 19.1 Å². The second kappa shape index (κ2) is 4.66. The highest BCUT2D eigenvalue weighted by Crippen LogP contribution is 2.61. The standard InChI is InChI=1S/C15H22O4/c1-14(2)9-15(12(16)18-3,13(17)19-4)11-8-6-5-7-10(11)14/h5,7,10-11H,6,8-9H2,1-4H3/t10-,11+/m0/s1. The SMILES string of the molecule is COC(=O)C1(C(=O)OC)CC(C)(C)[C@H]2C=CCC[C@H]21. The zero-order valence-corrected chi connectivity index (χ0v) is 12.1. The lowest BCUT2D eigenvalue weighted by molar-refractivity contribution is -0.173. The van der Waals surface area contributed by atoms with Gasteiger partial charge in [-0.1, -0.05) is 26.0 Å². The van der Waals surface area contributed by atoms with E-state index in [2.05, 4.69) is 26.0 Å².